The highest BCUT2D eigenvalue weighted by molar-refractivity contribution is 6.30. The summed E-state index contributed by atoms with van der Waals surface area (Å²) in [6.45, 7) is 7.03. The number of nitrogens with zero attached hydrogens (tertiary/aromatic N) is 6. The Hall–Kier alpha value is -2.81. The minimum absolute atomic E-state index is 0.0719. The Morgan fingerprint density at radius 3 is 2.59 bits per heavy atom. The molecule has 0 N–H and O–H groups in total. The van der Waals surface area contributed by atoms with Crippen molar-refractivity contribution in [2.45, 2.75) is 26.3 Å². The van der Waals surface area contributed by atoms with Crippen LogP contribution in [0.1, 0.15) is 19.2 Å². The van der Waals surface area contributed by atoms with E-state index >= 15 is 0 Å². The monoisotopic (exact) mass is 452 g/mol. The van der Waals surface area contributed by atoms with Crippen LogP contribution in [0, 0.1) is 0 Å². The van der Waals surface area contributed by atoms with Gasteiger partial charge in [-0.1, -0.05) is 30.7 Å². The first-order valence-corrected chi connectivity index (χ1v) is 11.4. The van der Waals surface area contributed by atoms with Crippen molar-refractivity contribution in [3.05, 3.63) is 57.7 Å². The number of rotatable bonds is 6. The molecule has 4 heterocycles. The molecule has 0 atom stereocenters. The lowest BCUT2D eigenvalue weighted by Crippen LogP contribution is -2.37. The highest BCUT2D eigenvalue weighted by Crippen LogP contribution is 2.27. The Morgan fingerprint density at radius 2 is 1.84 bits per heavy atom. The van der Waals surface area contributed by atoms with E-state index in [1.54, 1.807) is 9.08 Å². The summed E-state index contributed by atoms with van der Waals surface area (Å²) in [6.07, 6.45) is 3.41. The molecule has 0 spiro atoms. The maximum absolute atomic E-state index is 13.6. The van der Waals surface area contributed by atoms with Crippen LogP contribution in [0.5, 0.6) is 0 Å². The second-order valence-corrected chi connectivity index (χ2v) is 8.38. The van der Waals surface area contributed by atoms with Crippen molar-refractivity contribution >= 4 is 28.3 Å². The largest absolute Gasteiger partial charge is 0.379 e. The van der Waals surface area contributed by atoms with Gasteiger partial charge in [0.2, 0.25) is 0 Å². The molecule has 1 fully saturated rings. The number of hydrogen-bond acceptors (Lipinski definition) is 6. The van der Waals surface area contributed by atoms with E-state index in [4.69, 9.17) is 16.3 Å². The minimum atomic E-state index is -0.0719. The first-order chi connectivity index (χ1) is 15.6. The maximum Gasteiger partial charge on any atom is 0.262 e. The molecular formula is C23H25ClN6O2. The average Bonchev–Trinajstić information content (AvgIpc) is 3.23. The standard InChI is InChI=1S/C23H25ClN6O2/c1-2-19-26-23-25-18-8-11-29(10-3-9-28-12-14-32-15-13-28)22(31)20(18)21(30(23)27-19)16-4-6-17(24)7-5-16/h4-8,11H,2-3,9-10,12-15H2,1H3. The Bertz CT molecular complexity index is 1310. The summed E-state index contributed by atoms with van der Waals surface area (Å²) in [4.78, 5) is 25.1. The van der Waals surface area contributed by atoms with Gasteiger partial charge in [0.05, 0.1) is 29.8 Å². The summed E-state index contributed by atoms with van der Waals surface area (Å²) >= 11 is 6.12. The molecule has 0 aliphatic carbocycles. The minimum Gasteiger partial charge on any atom is -0.379 e. The van der Waals surface area contributed by atoms with Crippen LogP contribution in [0.3, 0.4) is 0 Å². The van der Waals surface area contributed by atoms with Crippen LogP contribution in [0.15, 0.2) is 41.3 Å². The molecular weight excluding hydrogens is 428 g/mol. The predicted molar refractivity (Wildman–Crippen MR) is 124 cm³/mol. The van der Waals surface area contributed by atoms with Crippen LogP contribution in [-0.4, -0.2) is 61.9 Å². The van der Waals surface area contributed by atoms with E-state index in [9.17, 15) is 4.79 Å². The fourth-order valence-corrected chi connectivity index (χ4v) is 4.28. The fourth-order valence-electron chi connectivity index (χ4n) is 4.15. The third-order valence-electron chi connectivity index (χ3n) is 5.86. The van der Waals surface area contributed by atoms with Gasteiger partial charge in [-0.15, -0.1) is 5.10 Å². The van der Waals surface area contributed by atoms with Gasteiger partial charge in [-0.25, -0.2) is 4.98 Å². The van der Waals surface area contributed by atoms with E-state index in [1.165, 1.54) is 0 Å². The van der Waals surface area contributed by atoms with E-state index in [2.05, 4.69) is 20.0 Å². The van der Waals surface area contributed by atoms with Crippen LogP contribution in [0.2, 0.25) is 5.02 Å². The van der Waals surface area contributed by atoms with E-state index in [-0.39, 0.29) is 5.56 Å². The maximum atomic E-state index is 13.6. The summed E-state index contributed by atoms with van der Waals surface area (Å²) in [5.74, 6) is 1.18. The van der Waals surface area contributed by atoms with Crippen LogP contribution in [-0.2, 0) is 17.7 Å². The predicted octanol–water partition coefficient (Wildman–Crippen LogP) is 3.04. The lowest BCUT2D eigenvalue weighted by atomic mass is 10.1. The first-order valence-electron chi connectivity index (χ1n) is 11.0. The molecule has 0 amide bonds. The van der Waals surface area contributed by atoms with Gasteiger partial charge < -0.3 is 9.30 Å². The molecule has 3 aromatic heterocycles. The van der Waals surface area contributed by atoms with Gasteiger partial charge in [0.15, 0.2) is 5.82 Å². The molecule has 0 unspecified atom stereocenters. The van der Waals surface area contributed by atoms with Crippen molar-refractivity contribution < 1.29 is 4.74 Å². The number of benzene rings is 1. The van der Waals surface area contributed by atoms with Crippen LogP contribution in [0.25, 0.3) is 27.9 Å². The quantitative estimate of drug-likeness (QED) is 0.447. The van der Waals surface area contributed by atoms with Gasteiger partial charge >= 0.3 is 0 Å². The number of fused-ring (bicyclic) bond motifs is 2. The zero-order chi connectivity index (χ0) is 22.1. The van der Waals surface area contributed by atoms with Crippen molar-refractivity contribution in [1.82, 2.24) is 29.0 Å². The van der Waals surface area contributed by atoms with Crippen LogP contribution >= 0.6 is 11.6 Å². The van der Waals surface area contributed by atoms with Gasteiger partial charge in [0, 0.05) is 49.4 Å². The summed E-state index contributed by atoms with van der Waals surface area (Å²) < 4.78 is 8.87. The molecule has 9 heteroatoms. The second-order valence-electron chi connectivity index (χ2n) is 7.94. The van der Waals surface area contributed by atoms with Crippen molar-refractivity contribution in [3.63, 3.8) is 0 Å². The molecule has 32 heavy (non-hydrogen) atoms. The number of aryl methyl sites for hydroxylation is 2. The Labute approximate surface area is 190 Å². The average molecular weight is 453 g/mol. The van der Waals surface area contributed by atoms with E-state index in [0.717, 1.165) is 44.8 Å². The normalized spacial score (nSPS) is 15.1. The van der Waals surface area contributed by atoms with Gasteiger partial charge in [0.25, 0.3) is 11.3 Å². The number of morpholine rings is 1. The molecule has 1 aliphatic rings. The van der Waals surface area contributed by atoms with Crippen molar-refractivity contribution in [3.8, 4) is 11.3 Å². The highest BCUT2D eigenvalue weighted by atomic mass is 35.5. The SMILES string of the molecule is CCc1nc2nc3ccn(CCCN4CCOCC4)c(=O)c3c(-c3ccc(Cl)cc3)n2n1. The van der Waals surface area contributed by atoms with E-state index in [1.807, 2.05) is 43.5 Å². The molecule has 0 radical (unpaired) electrons. The fraction of sp³-hybridized carbons (Fsp3) is 0.391. The van der Waals surface area contributed by atoms with Crippen LogP contribution in [0.4, 0.5) is 0 Å². The summed E-state index contributed by atoms with van der Waals surface area (Å²) in [6, 6.07) is 9.33. The number of hydrogen-bond donors (Lipinski definition) is 0. The zero-order valence-electron chi connectivity index (χ0n) is 18.0. The summed E-state index contributed by atoms with van der Waals surface area (Å²) in [5, 5.41) is 5.80. The third-order valence-corrected chi connectivity index (χ3v) is 6.11. The van der Waals surface area contributed by atoms with Gasteiger partial charge in [-0.3, -0.25) is 9.69 Å². The number of aromatic nitrogens is 5. The molecule has 1 aromatic carbocycles. The Balaban J connectivity index is 1.59. The molecule has 1 aliphatic heterocycles. The zero-order valence-corrected chi connectivity index (χ0v) is 18.8. The molecule has 8 nitrogen and oxygen atoms in total. The van der Waals surface area contributed by atoms with Gasteiger partial charge in [-0.2, -0.15) is 9.50 Å². The van der Waals surface area contributed by atoms with Gasteiger partial charge in [-0.05, 0) is 24.6 Å². The smallest absolute Gasteiger partial charge is 0.262 e. The van der Waals surface area contributed by atoms with E-state index in [0.29, 0.717) is 46.2 Å². The first kappa shape index (κ1) is 21.1. The van der Waals surface area contributed by atoms with Crippen molar-refractivity contribution in [2.24, 2.45) is 0 Å². The van der Waals surface area contributed by atoms with Gasteiger partial charge in [0.1, 0.15) is 0 Å². The molecule has 5 rings (SSSR count). The third kappa shape index (κ3) is 4.01. The molecule has 0 bridgehead atoms. The summed E-state index contributed by atoms with van der Waals surface area (Å²) in [5.41, 5.74) is 2.09. The molecule has 1 saturated heterocycles. The number of halogens is 1. The van der Waals surface area contributed by atoms with Crippen LogP contribution < -0.4 is 5.56 Å². The lowest BCUT2D eigenvalue weighted by molar-refractivity contribution is 0.0369. The van der Waals surface area contributed by atoms with Crippen molar-refractivity contribution in [1.29, 1.82) is 0 Å². The molecule has 0 saturated carbocycles. The van der Waals surface area contributed by atoms with Crippen molar-refractivity contribution in [2.75, 3.05) is 32.8 Å². The Kier molecular flexibility index (Phi) is 5.91. The second kappa shape index (κ2) is 8.97. The summed E-state index contributed by atoms with van der Waals surface area (Å²) in [7, 11) is 0. The molecule has 166 valence electrons. The van der Waals surface area contributed by atoms with E-state index < -0.39 is 0 Å². The number of pyridine rings is 1. The Morgan fingerprint density at radius 1 is 1.06 bits per heavy atom. The number of ether oxygens (including phenoxy) is 1. The topological polar surface area (TPSA) is 77.6 Å². The highest BCUT2D eigenvalue weighted by Gasteiger charge is 2.18. The molecule has 4 aromatic rings. The lowest BCUT2D eigenvalue weighted by Gasteiger charge is -2.26.